The van der Waals surface area contributed by atoms with Crippen LogP contribution in [0.25, 0.3) is 0 Å². The Kier molecular flexibility index (Phi) is 11.8. The van der Waals surface area contributed by atoms with Gasteiger partial charge in [-0.2, -0.15) is 4.31 Å². The predicted molar refractivity (Wildman–Crippen MR) is 181 cm³/mol. The van der Waals surface area contributed by atoms with E-state index in [0.717, 1.165) is 5.56 Å². The Bertz CT molecular complexity index is 1830. The Morgan fingerprint density at radius 1 is 0.837 bits per heavy atom. The first-order valence-electron chi connectivity index (χ1n) is 15.9. The van der Waals surface area contributed by atoms with Crippen molar-refractivity contribution in [1.82, 2.24) is 4.31 Å². The molecule has 1 aliphatic rings. The maximum Gasteiger partial charge on any atom is 0.341 e. The van der Waals surface area contributed by atoms with Crippen molar-refractivity contribution in [3.8, 4) is 28.7 Å². The average molecular weight is 690 g/mol. The van der Waals surface area contributed by atoms with Gasteiger partial charge in [0.1, 0.15) is 29.4 Å². The van der Waals surface area contributed by atoms with Crippen LogP contribution >= 0.6 is 0 Å². The minimum absolute atomic E-state index is 0.0425. The van der Waals surface area contributed by atoms with E-state index >= 15 is 0 Å². The quantitative estimate of drug-likeness (QED) is 0.139. The van der Waals surface area contributed by atoms with Gasteiger partial charge in [0.05, 0.1) is 19.1 Å². The molecule has 1 heterocycles. The molecular weight excluding hydrogens is 650 g/mol. The van der Waals surface area contributed by atoms with Crippen LogP contribution in [0.4, 0.5) is 0 Å². The van der Waals surface area contributed by atoms with Gasteiger partial charge in [-0.25, -0.2) is 13.2 Å². The van der Waals surface area contributed by atoms with Crippen LogP contribution in [-0.4, -0.2) is 63.2 Å². The number of piperidine rings is 1. The van der Waals surface area contributed by atoms with E-state index in [1.165, 1.54) is 16.4 Å². The Morgan fingerprint density at radius 2 is 1.55 bits per heavy atom. The normalized spacial score (nSPS) is 15.5. The number of rotatable bonds is 15. The summed E-state index contributed by atoms with van der Waals surface area (Å²) in [7, 11) is -0.963. The Morgan fingerprint density at radius 3 is 2.27 bits per heavy atom. The van der Waals surface area contributed by atoms with Crippen molar-refractivity contribution in [3.63, 3.8) is 0 Å². The van der Waals surface area contributed by atoms with Crippen molar-refractivity contribution in [3.05, 3.63) is 108 Å². The number of hydrogen-bond donors (Lipinski definition) is 1. The molecule has 11 nitrogen and oxygen atoms in total. The predicted octanol–water partition coefficient (Wildman–Crippen LogP) is 6.42. The molecule has 12 heteroatoms. The minimum atomic E-state index is -4.06. The van der Waals surface area contributed by atoms with Crippen molar-refractivity contribution in [2.45, 2.75) is 49.1 Å². The second-order valence-corrected chi connectivity index (χ2v) is 13.3. The second kappa shape index (κ2) is 16.4. The highest BCUT2D eigenvalue weighted by Crippen LogP contribution is 2.33. The van der Waals surface area contributed by atoms with Gasteiger partial charge in [-0.3, -0.25) is 4.79 Å². The zero-order valence-electron chi connectivity index (χ0n) is 27.3. The molecule has 1 saturated heterocycles. The first-order chi connectivity index (χ1) is 23.7. The largest absolute Gasteiger partial charge is 0.493 e. The molecule has 0 unspecified atom stereocenters. The third kappa shape index (κ3) is 9.09. The number of carbonyl (C=O) groups excluding carboxylic acids is 1. The fraction of sp³-hybridized carbons (Fsp3) is 0.297. The standard InChI is InChI=1S/C37H39NO10S/c1-44-34-21-15-26(23-35(34)45-2)14-20-33(27-9-8-12-30(24-27)46-25-36(39)40)48-37(41)32-13-6-7-22-38(32)49(42,43)31-18-16-29(17-19-31)47-28-10-4-3-5-11-28/h3-5,8-12,15-19,21,23-24,32-33H,6-7,13-14,20,22,25H2,1-2H3,(H,39,40)/t32-,33+/m0/s1. The summed E-state index contributed by atoms with van der Waals surface area (Å²) in [5, 5.41) is 9.08. The molecule has 4 aromatic rings. The van der Waals surface area contributed by atoms with E-state index < -0.39 is 40.7 Å². The molecule has 0 aliphatic carbocycles. The maximum atomic E-state index is 13.9. The Labute approximate surface area is 286 Å². The number of sulfonamides is 1. The van der Waals surface area contributed by atoms with Gasteiger partial charge in [0.15, 0.2) is 18.1 Å². The van der Waals surface area contributed by atoms with Crippen LogP contribution in [0, 0.1) is 0 Å². The molecule has 49 heavy (non-hydrogen) atoms. The summed E-state index contributed by atoms with van der Waals surface area (Å²) in [6, 6.07) is 26.4. The topological polar surface area (TPSA) is 138 Å². The molecule has 0 radical (unpaired) electrons. The van der Waals surface area contributed by atoms with Crippen molar-refractivity contribution >= 4 is 22.0 Å². The lowest BCUT2D eigenvalue weighted by Gasteiger charge is -2.34. The van der Waals surface area contributed by atoms with E-state index in [9.17, 15) is 18.0 Å². The van der Waals surface area contributed by atoms with Gasteiger partial charge in [-0.05, 0) is 104 Å². The lowest BCUT2D eigenvalue weighted by molar-refractivity contribution is -0.155. The van der Waals surface area contributed by atoms with E-state index in [0.29, 0.717) is 66.4 Å². The zero-order valence-corrected chi connectivity index (χ0v) is 28.1. The summed E-state index contributed by atoms with van der Waals surface area (Å²) in [5.74, 6) is 0.743. The lowest BCUT2D eigenvalue weighted by Crippen LogP contribution is -2.48. The van der Waals surface area contributed by atoms with Crippen LogP contribution in [0.3, 0.4) is 0 Å². The molecule has 5 rings (SSSR count). The molecule has 0 amide bonds. The van der Waals surface area contributed by atoms with Gasteiger partial charge >= 0.3 is 11.9 Å². The number of para-hydroxylation sites is 1. The fourth-order valence-electron chi connectivity index (χ4n) is 5.66. The zero-order chi connectivity index (χ0) is 34.8. The summed E-state index contributed by atoms with van der Waals surface area (Å²) < 4.78 is 57.2. The molecule has 1 fully saturated rings. The number of aliphatic carboxylic acids is 1. The summed E-state index contributed by atoms with van der Waals surface area (Å²) in [4.78, 5) is 25.1. The SMILES string of the molecule is COc1ccc(CC[C@@H](OC(=O)[C@@H]2CCCCN2S(=O)(=O)c2ccc(Oc3ccccc3)cc2)c2cccc(OCC(=O)O)c2)cc1OC. The molecule has 1 N–H and O–H groups in total. The van der Waals surface area contributed by atoms with Crippen LogP contribution in [-0.2, 0) is 30.8 Å². The first-order valence-corrected chi connectivity index (χ1v) is 17.3. The Hall–Kier alpha value is -5.07. The monoisotopic (exact) mass is 689 g/mol. The van der Waals surface area contributed by atoms with Crippen LogP contribution < -0.4 is 18.9 Å². The number of aryl methyl sites for hydroxylation is 1. The summed E-state index contributed by atoms with van der Waals surface area (Å²) in [6.07, 6.45) is 1.58. The molecule has 0 saturated carbocycles. The van der Waals surface area contributed by atoms with E-state index in [1.54, 1.807) is 68.8 Å². The van der Waals surface area contributed by atoms with Crippen LogP contribution in [0.1, 0.15) is 42.9 Å². The van der Waals surface area contributed by atoms with E-state index in [1.807, 2.05) is 30.3 Å². The number of methoxy groups -OCH3 is 2. The molecule has 0 spiro atoms. The highest BCUT2D eigenvalue weighted by Gasteiger charge is 2.39. The van der Waals surface area contributed by atoms with Gasteiger partial charge in [0.25, 0.3) is 0 Å². The molecular formula is C37H39NO10S. The smallest absolute Gasteiger partial charge is 0.341 e. The number of ether oxygens (including phenoxy) is 5. The summed E-state index contributed by atoms with van der Waals surface area (Å²) in [6.45, 7) is -0.368. The number of benzene rings is 4. The highest BCUT2D eigenvalue weighted by molar-refractivity contribution is 7.89. The summed E-state index contributed by atoms with van der Waals surface area (Å²) >= 11 is 0. The second-order valence-electron chi connectivity index (χ2n) is 11.4. The number of carboxylic acid groups (broad SMARTS) is 1. The van der Waals surface area contributed by atoms with Gasteiger partial charge in [-0.15, -0.1) is 0 Å². The number of carbonyl (C=O) groups is 2. The van der Waals surface area contributed by atoms with Crippen molar-refractivity contribution < 1.29 is 46.8 Å². The van der Waals surface area contributed by atoms with Gasteiger partial charge in [-0.1, -0.05) is 36.4 Å². The molecule has 1 aliphatic heterocycles. The molecule has 0 bridgehead atoms. The van der Waals surface area contributed by atoms with Crippen LogP contribution in [0.5, 0.6) is 28.7 Å². The molecule has 0 aromatic heterocycles. The molecule has 2 atom stereocenters. The third-order valence-corrected chi connectivity index (χ3v) is 10.1. The first kappa shape index (κ1) is 35.2. The van der Waals surface area contributed by atoms with Gasteiger partial charge in [0, 0.05) is 6.54 Å². The maximum absolute atomic E-state index is 13.9. The number of nitrogens with zero attached hydrogens (tertiary/aromatic N) is 1. The van der Waals surface area contributed by atoms with Crippen molar-refractivity contribution in [1.29, 1.82) is 0 Å². The van der Waals surface area contributed by atoms with Gasteiger partial charge < -0.3 is 28.8 Å². The summed E-state index contributed by atoms with van der Waals surface area (Å²) in [5.41, 5.74) is 1.48. The third-order valence-electron chi connectivity index (χ3n) is 8.13. The number of carboxylic acids is 1. The van der Waals surface area contributed by atoms with Crippen molar-refractivity contribution in [2.75, 3.05) is 27.4 Å². The van der Waals surface area contributed by atoms with Crippen LogP contribution in [0.15, 0.2) is 102 Å². The highest BCUT2D eigenvalue weighted by atomic mass is 32.2. The molecule has 4 aromatic carbocycles. The van der Waals surface area contributed by atoms with Crippen LogP contribution in [0.2, 0.25) is 0 Å². The number of hydrogen-bond acceptors (Lipinski definition) is 9. The van der Waals surface area contributed by atoms with E-state index in [-0.39, 0.29) is 11.4 Å². The van der Waals surface area contributed by atoms with Gasteiger partial charge in [0.2, 0.25) is 10.0 Å². The molecule has 258 valence electrons. The Balaban J connectivity index is 1.36. The minimum Gasteiger partial charge on any atom is -0.493 e. The number of esters is 1. The lowest BCUT2D eigenvalue weighted by atomic mass is 10.00. The fourth-order valence-corrected chi connectivity index (χ4v) is 7.31. The average Bonchev–Trinajstić information content (AvgIpc) is 3.13. The van der Waals surface area contributed by atoms with E-state index in [4.69, 9.17) is 28.8 Å². The van der Waals surface area contributed by atoms with Crippen molar-refractivity contribution in [2.24, 2.45) is 0 Å². The van der Waals surface area contributed by atoms with E-state index in [2.05, 4.69) is 0 Å².